The molecule has 0 radical (unpaired) electrons. The molecule has 0 atom stereocenters. The Balaban J connectivity index is 2.26. The number of fused-ring (bicyclic) bond motifs is 1. The van der Waals surface area contributed by atoms with Gasteiger partial charge in [-0.25, -0.2) is 10.8 Å². The Morgan fingerprint density at radius 3 is 3.27 bits per heavy atom. The molecule has 2 aliphatic heterocycles. The summed E-state index contributed by atoms with van der Waals surface area (Å²) in [6.45, 7) is 0.946. The van der Waals surface area contributed by atoms with Crippen molar-refractivity contribution in [2.45, 2.75) is 0 Å². The van der Waals surface area contributed by atoms with Crippen LogP contribution < -0.4 is 5.84 Å². The summed E-state index contributed by atoms with van der Waals surface area (Å²) in [6.07, 6.45) is 3.05. The maximum absolute atomic E-state index is 10.8. The molecule has 2 N–H and O–H groups in total. The first-order chi connectivity index (χ1) is 5.25. The van der Waals surface area contributed by atoms with Crippen molar-refractivity contribution >= 4 is 12.0 Å². The standard InChI is InChI=1S/C6H8N4O/c7-10-3-6-8-1-5(11)2-9(6)4-10/h1,3H,2,4,7H2. The lowest BCUT2D eigenvalue weighted by Gasteiger charge is -2.20. The summed E-state index contributed by atoms with van der Waals surface area (Å²) in [5.41, 5.74) is 0. The molecule has 0 bridgehead atoms. The van der Waals surface area contributed by atoms with Gasteiger partial charge in [0.15, 0.2) is 5.78 Å². The van der Waals surface area contributed by atoms with Crippen molar-refractivity contribution in [3.05, 3.63) is 12.0 Å². The smallest absolute Gasteiger partial charge is 0.193 e. The molecule has 5 nitrogen and oxygen atoms in total. The van der Waals surface area contributed by atoms with Crippen molar-refractivity contribution < 1.29 is 4.79 Å². The Hall–Kier alpha value is -1.36. The summed E-state index contributed by atoms with van der Waals surface area (Å²) < 4.78 is 0. The summed E-state index contributed by atoms with van der Waals surface area (Å²) in [5.74, 6) is 6.27. The van der Waals surface area contributed by atoms with Crippen LogP contribution in [0.25, 0.3) is 0 Å². The van der Waals surface area contributed by atoms with Gasteiger partial charge >= 0.3 is 0 Å². The van der Waals surface area contributed by atoms with Crippen LogP contribution in [-0.4, -0.2) is 35.1 Å². The number of hydrazine groups is 1. The molecule has 0 aromatic heterocycles. The fourth-order valence-corrected chi connectivity index (χ4v) is 1.15. The first kappa shape index (κ1) is 6.36. The van der Waals surface area contributed by atoms with Crippen LogP contribution in [0, 0.1) is 0 Å². The molecule has 2 heterocycles. The van der Waals surface area contributed by atoms with Crippen LogP contribution in [0.1, 0.15) is 0 Å². The molecule has 2 aliphatic rings. The van der Waals surface area contributed by atoms with Gasteiger partial charge in [0, 0.05) is 0 Å². The van der Waals surface area contributed by atoms with Gasteiger partial charge in [0.25, 0.3) is 0 Å². The molecule has 0 aromatic rings. The minimum Gasteiger partial charge on any atom is -0.329 e. The molecule has 0 fully saturated rings. The van der Waals surface area contributed by atoms with Gasteiger partial charge in [0.1, 0.15) is 12.5 Å². The van der Waals surface area contributed by atoms with Crippen molar-refractivity contribution in [2.24, 2.45) is 10.8 Å². The van der Waals surface area contributed by atoms with Crippen LogP contribution in [0.3, 0.4) is 0 Å². The zero-order chi connectivity index (χ0) is 7.84. The Morgan fingerprint density at radius 2 is 2.45 bits per heavy atom. The van der Waals surface area contributed by atoms with Gasteiger partial charge in [-0.3, -0.25) is 9.80 Å². The highest BCUT2D eigenvalue weighted by Crippen LogP contribution is 2.15. The number of aliphatic imine (C=N–C) groups is 1. The molecule has 0 saturated heterocycles. The number of hydrogen-bond donors (Lipinski definition) is 1. The molecule has 0 aliphatic carbocycles. The first-order valence-electron chi connectivity index (χ1n) is 3.31. The van der Waals surface area contributed by atoms with Crippen molar-refractivity contribution in [3.8, 4) is 0 Å². The molecule has 0 saturated carbocycles. The SMILES string of the molecule is NN1C=C2N=CC(=O)CN2C1. The Labute approximate surface area is 63.7 Å². The number of carbonyl (C=O) groups is 1. The third-order valence-electron chi connectivity index (χ3n) is 1.63. The van der Waals surface area contributed by atoms with E-state index in [-0.39, 0.29) is 5.78 Å². The van der Waals surface area contributed by atoms with Crippen LogP contribution in [0.4, 0.5) is 0 Å². The highest BCUT2D eigenvalue weighted by molar-refractivity contribution is 6.29. The molecule has 5 heteroatoms. The van der Waals surface area contributed by atoms with Crippen LogP contribution in [0.15, 0.2) is 17.0 Å². The van der Waals surface area contributed by atoms with Crippen molar-refractivity contribution in [2.75, 3.05) is 13.2 Å². The van der Waals surface area contributed by atoms with Gasteiger partial charge in [0.2, 0.25) is 0 Å². The number of hydrogen-bond acceptors (Lipinski definition) is 5. The lowest BCUT2D eigenvalue weighted by atomic mass is 10.3. The number of Topliss-reactive ketones (excluding diaryl/α,β-unsaturated/α-hetero) is 1. The zero-order valence-corrected chi connectivity index (χ0v) is 5.90. The van der Waals surface area contributed by atoms with Crippen molar-refractivity contribution in [1.82, 2.24) is 9.91 Å². The van der Waals surface area contributed by atoms with E-state index in [9.17, 15) is 4.79 Å². The van der Waals surface area contributed by atoms with Gasteiger partial charge in [-0.2, -0.15) is 0 Å². The Kier molecular flexibility index (Phi) is 1.19. The summed E-state index contributed by atoms with van der Waals surface area (Å²) in [7, 11) is 0. The minimum absolute atomic E-state index is 0.0254. The van der Waals surface area contributed by atoms with Gasteiger partial charge in [0.05, 0.1) is 19.0 Å². The molecular weight excluding hydrogens is 144 g/mol. The largest absolute Gasteiger partial charge is 0.329 e. The molecular formula is C6H8N4O. The Bertz CT molecular complexity index is 257. The summed E-state index contributed by atoms with van der Waals surface area (Å²) in [6, 6.07) is 0. The fourth-order valence-electron chi connectivity index (χ4n) is 1.15. The second-order valence-corrected chi connectivity index (χ2v) is 2.57. The number of ketones is 1. The minimum atomic E-state index is 0.0254. The lowest BCUT2D eigenvalue weighted by molar-refractivity contribution is -0.113. The van der Waals surface area contributed by atoms with E-state index in [1.807, 2.05) is 4.90 Å². The number of carbonyl (C=O) groups excluding carboxylic acids is 1. The number of nitrogens with two attached hydrogens (primary N) is 1. The van der Waals surface area contributed by atoms with E-state index in [0.29, 0.717) is 13.2 Å². The maximum atomic E-state index is 10.8. The van der Waals surface area contributed by atoms with E-state index in [1.54, 1.807) is 6.20 Å². The second kappa shape index (κ2) is 2.06. The summed E-state index contributed by atoms with van der Waals surface area (Å²) in [5, 5.41) is 1.51. The average Bonchev–Trinajstić information content (AvgIpc) is 2.27. The molecule has 0 aromatic carbocycles. The topological polar surface area (TPSA) is 61.9 Å². The average molecular weight is 152 g/mol. The quantitative estimate of drug-likeness (QED) is 0.447. The summed E-state index contributed by atoms with van der Waals surface area (Å²) >= 11 is 0. The third kappa shape index (κ3) is 0.988. The van der Waals surface area contributed by atoms with E-state index in [0.717, 1.165) is 5.82 Å². The highest BCUT2D eigenvalue weighted by Gasteiger charge is 2.23. The molecule has 0 spiro atoms. The van der Waals surface area contributed by atoms with Crippen molar-refractivity contribution in [3.63, 3.8) is 0 Å². The van der Waals surface area contributed by atoms with Gasteiger partial charge in [-0.15, -0.1) is 0 Å². The van der Waals surface area contributed by atoms with E-state index < -0.39 is 0 Å². The fraction of sp³-hybridized carbons (Fsp3) is 0.333. The van der Waals surface area contributed by atoms with E-state index in [2.05, 4.69) is 4.99 Å². The lowest BCUT2D eigenvalue weighted by Crippen LogP contribution is -2.36. The molecule has 58 valence electrons. The highest BCUT2D eigenvalue weighted by atomic mass is 16.1. The second-order valence-electron chi connectivity index (χ2n) is 2.57. The van der Waals surface area contributed by atoms with E-state index in [1.165, 1.54) is 11.2 Å². The predicted molar refractivity (Wildman–Crippen MR) is 39.2 cm³/mol. The zero-order valence-electron chi connectivity index (χ0n) is 5.90. The van der Waals surface area contributed by atoms with Crippen LogP contribution in [0.5, 0.6) is 0 Å². The van der Waals surface area contributed by atoms with Crippen molar-refractivity contribution in [1.29, 1.82) is 0 Å². The van der Waals surface area contributed by atoms with Gasteiger partial charge in [-0.1, -0.05) is 0 Å². The van der Waals surface area contributed by atoms with E-state index in [4.69, 9.17) is 5.84 Å². The predicted octanol–water partition coefficient (Wildman–Crippen LogP) is -1.11. The number of nitrogens with zero attached hydrogens (tertiary/aromatic N) is 3. The Morgan fingerprint density at radius 1 is 1.64 bits per heavy atom. The van der Waals surface area contributed by atoms with Gasteiger partial charge in [-0.05, 0) is 0 Å². The third-order valence-corrected chi connectivity index (χ3v) is 1.63. The number of rotatable bonds is 0. The molecule has 11 heavy (non-hydrogen) atoms. The molecule has 2 rings (SSSR count). The van der Waals surface area contributed by atoms with Crippen LogP contribution in [-0.2, 0) is 4.79 Å². The summed E-state index contributed by atoms with van der Waals surface area (Å²) in [4.78, 5) is 16.6. The molecule has 0 unspecified atom stereocenters. The molecule has 0 amide bonds. The maximum Gasteiger partial charge on any atom is 0.193 e. The van der Waals surface area contributed by atoms with E-state index >= 15 is 0 Å². The normalized spacial score (nSPS) is 22.3. The van der Waals surface area contributed by atoms with Crippen LogP contribution >= 0.6 is 0 Å². The first-order valence-corrected chi connectivity index (χ1v) is 3.31. The monoisotopic (exact) mass is 152 g/mol. The van der Waals surface area contributed by atoms with Gasteiger partial charge < -0.3 is 4.90 Å². The van der Waals surface area contributed by atoms with Crippen LogP contribution in [0.2, 0.25) is 0 Å².